The molecule has 2 heterocycles. The molecule has 1 amide bonds. The number of aryl methyl sites for hydroxylation is 1. The van der Waals surface area contributed by atoms with Crippen molar-refractivity contribution in [1.82, 2.24) is 14.8 Å². The van der Waals surface area contributed by atoms with Crippen LogP contribution in [0.25, 0.3) is 11.3 Å². The number of hydrogen-bond acceptors (Lipinski definition) is 3. The number of amides is 1. The van der Waals surface area contributed by atoms with E-state index in [9.17, 15) is 31.1 Å². The fraction of sp³-hybridized carbons (Fsp3) is 0.118. The van der Waals surface area contributed by atoms with Crippen LogP contribution in [0.2, 0.25) is 0 Å². The maximum atomic E-state index is 14.3. The van der Waals surface area contributed by atoms with E-state index in [1.807, 2.05) is 5.32 Å². The molecule has 0 atom stereocenters. The minimum Gasteiger partial charge on any atom is -0.319 e. The second-order valence-corrected chi connectivity index (χ2v) is 5.66. The maximum absolute atomic E-state index is 14.3. The molecule has 28 heavy (non-hydrogen) atoms. The molecule has 0 radical (unpaired) electrons. The maximum Gasteiger partial charge on any atom is 0.435 e. The van der Waals surface area contributed by atoms with Crippen LogP contribution in [0, 0.1) is 17.5 Å². The third-order valence-electron chi connectivity index (χ3n) is 3.76. The second-order valence-electron chi connectivity index (χ2n) is 5.66. The van der Waals surface area contributed by atoms with Gasteiger partial charge in [0, 0.05) is 12.6 Å². The summed E-state index contributed by atoms with van der Waals surface area (Å²) in [6, 6.07) is 3.90. The largest absolute Gasteiger partial charge is 0.435 e. The van der Waals surface area contributed by atoms with Gasteiger partial charge in [-0.1, -0.05) is 6.07 Å². The molecule has 0 fully saturated rings. The van der Waals surface area contributed by atoms with Crippen LogP contribution < -0.4 is 5.32 Å². The lowest BCUT2D eigenvalue weighted by molar-refractivity contribution is -0.141. The summed E-state index contributed by atoms with van der Waals surface area (Å²) < 4.78 is 80.6. The molecule has 0 aliphatic rings. The number of carbonyl (C=O) groups excluding carboxylic acids is 1. The number of benzene rings is 1. The summed E-state index contributed by atoms with van der Waals surface area (Å²) in [6.07, 6.45) is -3.42. The molecule has 11 heteroatoms. The van der Waals surface area contributed by atoms with E-state index < -0.39 is 46.5 Å². The molecular weight excluding hydrogens is 390 g/mol. The highest BCUT2D eigenvalue weighted by atomic mass is 19.4. The predicted octanol–water partition coefficient (Wildman–Crippen LogP) is 4.17. The molecule has 0 bridgehead atoms. The van der Waals surface area contributed by atoms with Gasteiger partial charge in [0.25, 0.3) is 5.91 Å². The first kappa shape index (κ1) is 19.4. The summed E-state index contributed by atoms with van der Waals surface area (Å²) >= 11 is 0. The van der Waals surface area contributed by atoms with Crippen LogP contribution in [0.15, 0.2) is 36.7 Å². The Balaban J connectivity index is 1.90. The molecule has 2 aromatic heterocycles. The van der Waals surface area contributed by atoms with Crippen molar-refractivity contribution in [3.8, 4) is 11.3 Å². The molecule has 0 saturated carbocycles. The van der Waals surface area contributed by atoms with E-state index in [-0.39, 0.29) is 11.3 Å². The van der Waals surface area contributed by atoms with E-state index in [1.165, 1.54) is 13.1 Å². The molecule has 1 N–H and O–H groups in total. The standard InChI is InChI=1S/C17H10F6N4O/c1-27-13(5-14(26-27)17(21,22)23)8-2-3-12(9(18)4-8)25-16(28)15-10(19)6-24-7-11(15)20/h2-7H,1H3,(H,25,28). The van der Waals surface area contributed by atoms with Crippen molar-refractivity contribution in [2.45, 2.75) is 6.18 Å². The van der Waals surface area contributed by atoms with Gasteiger partial charge < -0.3 is 5.32 Å². The molecule has 0 spiro atoms. The Morgan fingerprint density at radius 2 is 1.68 bits per heavy atom. The van der Waals surface area contributed by atoms with Crippen LogP contribution in [-0.2, 0) is 13.2 Å². The second kappa shape index (κ2) is 6.98. The zero-order valence-corrected chi connectivity index (χ0v) is 14.0. The van der Waals surface area contributed by atoms with Gasteiger partial charge in [0.2, 0.25) is 0 Å². The number of carbonyl (C=O) groups is 1. The quantitative estimate of drug-likeness (QED) is 0.672. The zero-order chi connectivity index (χ0) is 20.6. The molecular formula is C17H10F6N4O. The number of pyridine rings is 1. The van der Waals surface area contributed by atoms with E-state index in [4.69, 9.17) is 0 Å². The third-order valence-corrected chi connectivity index (χ3v) is 3.76. The van der Waals surface area contributed by atoms with E-state index in [0.29, 0.717) is 12.4 Å². The summed E-state index contributed by atoms with van der Waals surface area (Å²) in [6.45, 7) is 0. The van der Waals surface area contributed by atoms with Gasteiger partial charge in [-0.3, -0.25) is 14.5 Å². The predicted molar refractivity (Wildman–Crippen MR) is 85.7 cm³/mol. The fourth-order valence-corrected chi connectivity index (χ4v) is 2.46. The Labute approximate surface area is 153 Å². The molecule has 0 saturated heterocycles. The Hall–Kier alpha value is -3.37. The number of anilines is 1. The van der Waals surface area contributed by atoms with Gasteiger partial charge in [0.05, 0.1) is 23.8 Å². The Morgan fingerprint density at radius 1 is 1.04 bits per heavy atom. The van der Waals surface area contributed by atoms with Crippen molar-refractivity contribution < 1.29 is 31.1 Å². The van der Waals surface area contributed by atoms with Crippen molar-refractivity contribution in [3.63, 3.8) is 0 Å². The first-order valence-corrected chi connectivity index (χ1v) is 7.59. The SMILES string of the molecule is Cn1nc(C(F)(F)F)cc1-c1ccc(NC(=O)c2c(F)cncc2F)c(F)c1. The normalized spacial score (nSPS) is 11.5. The molecule has 0 aliphatic carbocycles. The molecule has 1 aromatic carbocycles. The van der Waals surface area contributed by atoms with Gasteiger partial charge in [0.15, 0.2) is 17.3 Å². The topological polar surface area (TPSA) is 59.8 Å². The number of aromatic nitrogens is 3. The highest BCUT2D eigenvalue weighted by molar-refractivity contribution is 6.04. The van der Waals surface area contributed by atoms with Gasteiger partial charge >= 0.3 is 6.18 Å². The Morgan fingerprint density at radius 3 is 2.21 bits per heavy atom. The van der Waals surface area contributed by atoms with Crippen LogP contribution in [0.5, 0.6) is 0 Å². The van der Waals surface area contributed by atoms with Crippen molar-refractivity contribution >= 4 is 11.6 Å². The van der Waals surface area contributed by atoms with Gasteiger partial charge in [-0.25, -0.2) is 13.2 Å². The van der Waals surface area contributed by atoms with Crippen LogP contribution in [0.1, 0.15) is 16.1 Å². The first-order chi connectivity index (χ1) is 13.1. The average Bonchev–Trinajstić information content (AvgIpc) is 2.99. The Bertz CT molecular complexity index is 1040. The van der Waals surface area contributed by atoms with E-state index in [2.05, 4.69) is 10.1 Å². The average molecular weight is 400 g/mol. The Kier molecular flexibility index (Phi) is 4.84. The summed E-state index contributed by atoms with van der Waals surface area (Å²) in [5, 5.41) is 5.33. The summed E-state index contributed by atoms with van der Waals surface area (Å²) in [5.74, 6) is -4.73. The molecule has 5 nitrogen and oxygen atoms in total. The van der Waals surface area contributed by atoms with E-state index in [0.717, 1.165) is 22.9 Å². The smallest absolute Gasteiger partial charge is 0.319 e. The molecule has 0 unspecified atom stereocenters. The lowest BCUT2D eigenvalue weighted by Crippen LogP contribution is -2.17. The number of hydrogen-bond donors (Lipinski definition) is 1. The minimum atomic E-state index is -4.67. The number of rotatable bonds is 3. The van der Waals surface area contributed by atoms with Crippen LogP contribution in [-0.4, -0.2) is 20.7 Å². The molecule has 3 rings (SSSR count). The monoisotopic (exact) mass is 400 g/mol. The van der Waals surface area contributed by atoms with Crippen molar-refractivity contribution in [1.29, 1.82) is 0 Å². The fourth-order valence-electron chi connectivity index (χ4n) is 2.46. The summed E-state index contributed by atoms with van der Waals surface area (Å²) in [4.78, 5) is 15.2. The van der Waals surface area contributed by atoms with Crippen molar-refractivity contribution in [3.05, 3.63) is 65.4 Å². The van der Waals surface area contributed by atoms with Gasteiger partial charge in [-0.15, -0.1) is 0 Å². The third kappa shape index (κ3) is 3.68. The van der Waals surface area contributed by atoms with Gasteiger partial charge in [0.1, 0.15) is 11.4 Å². The number of alkyl halides is 3. The number of nitrogens with zero attached hydrogens (tertiary/aromatic N) is 3. The highest BCUT2D eigenvalue weighted by Gasteiger charge is 2.34. The molecule has 146 valence electrons. The summed E-state index contributed by atoms with van der Waals surface area (Å²) in [5.41, 5.74) is -2.47. The first-order valence-electron chi connectivity index (χ1n) is 7.59. The zero-order valence-electron chi connectivity index (χ0n) is 14.0. The molecule has 0 aliphatic heterocycles. The van der Waals surface area contributed by atoms with Crippen molar-refractivity contribution in [2.24, 2.45) is 7.05 Å². The van der Waals surface area contributed by atoms with Crippen LogP contribution >= 0.6 is 0 Å². The van der Waals surface area contributed by atoms with Gasteiger partial charge in [-0.05, 0) is 18.2 Å². The number of nitrogens with one attached hydrogen (secondary N) is 1. The lowest BCUT2D eigenvalue weighted by atomic mass is 10.1. The molecule has 3 aromatic rings. The van der Waals surface area contributed by atoms with E-state index in [1.54, 1.807) is 0 Å². The summed E-state index contributed by atoms with van der Waals surface area (Å²) in [7, 11) is 1.26. The van der Waals surface area contributed by atoms with Crippen LogP contribution in [0.4, 0.5) is 32.0 Å². The van der Waals surface area contributed by atoms with Crippen molar-refractivity contribution in [2.75, 3.05) is 5.32 Å². The van der Waals surface area contributed by atoms with Crippen LogP contribution in [0.3, 0.4) is 0 Å². The lowest BCUT2D eigenvalue weighted by Gasteiger charge is -2.09. The highest BCUT2D eigenvalue weighted by Crippen LogP contribution is 2.32. The minimum absolute atomic E-state index is 0.0182. The van der Waals surface area contributed by atoms with Gasteiger partial charge in [-0.2, -0.15) is 18.3 Å². The number of halogens is 6. The van der Waals surface area contributed by atoms with E-state index >= 15 is 0 Å².